The van der Waals surface area contributed by atoms with Gasteiger partial charge in [0.1, 0.15) is 0 Å². The Balaban J connectivity index is 1.65. The highest BCUT2D eigenvalue weighted by molar-refractivity contribution is 7.68. The van der Waals surface area contributed by atoms with Gasteiger partial charge < -0.3 is 4.74 Å². The van der Waals surface area contributed by atoms with Gasteiger partial charge in [0.05, 0.1) is 29.3 Å². The third-order valence-electron chi connectivity index (χ3n) is 5.60. The summed E-state index contributed by atoms with van der Waals surface area (Å²) in [4.78, 5) is 3.59. The standard InChI is InChI=1S/C26H27Cl2N2O2PS/c27-23(21-8-3-1-4-9-21)19-33(31,20-24(28)22-10-5-2-6-11-22)29-18-25(26-12-7-17-34-26)30-13-15-32-16-14-30/h1-12,17,19-20,25H,13-16,18H2,(H,29,31)/b23-19-,24-20+/t25-,33?/m1/s1. The second kappa shape index (κ2) is 12.3. The van der Waals surface area contributed by atoms with E-state index < -0.39 is 7.29 Å². The largest absolute Gasteiger partial charge is 0.379 e. The van der Waals surface area contributed by atoms with E-state index in [1.54, 1.807) is 23.0 Å². The molecule has 1 aromatic heterocycles. The quantitative estimate of drug-likeness (QED) is 0.290. The van der Waals surface area contributed by atoms with E-state index in [2.05, 4.69) is 21.4 Å². The molecule has 0 amide bonds. The predicted octanol–water partition coefficient (Wildman–Crippen LogP) is 7.46. The van der Waals surface area contributed by atoms with E-state index in [0.29, 0.717) is 29.8 Å². The molecule has 4 nitrogen and oxygen atoms in total. The lowest BCUT2D eigenvalue weighted by atomic mass is 10.2. The Bertz CT molecular complexity index is 1090. The number of rotatable bonds is 9. The molecule has 178 valence electrons. The first kappa shape index (κ1) is 25.4. The highest BCUT2D eigenvalue weighted by Gasteiger charge is 2.27. The smallest absolute Gasteiger partial charge is 0.193 e. The Hall–Kier alpha value is -1.69. The van der Waals surface area contributed by atoms with Crippen molar-refractivity contribution >= 4 is 51.9 Å². The molecule has 3 aromatic rings. The number of halogens is 2. The van der Waals surface area contributed by atoms with Gasteiger partial charge in [-0.1, -0.05) is 89.9 Å². The molecule has 1 unspecified atom stereocenters. The molecule has 8 heteroatoms. The number of morpholine rings is 1. The zero-order valence-corrected chi connectivity index (χ0v) is 21.9. The van der Waals surface area contributed by atoms with Gasteiger partial charge in [0.25, 0.3) is 0 Å². The number of hydrogen-bond acceptors (Lipinski definition) is 4. The van der Waals surface area contributed by atoms with E-state index in [1.807, 2.05) is 66.7 Å². The lowest BCUT2D eigenvalue weighted by Gasteiger charge is -2.34. The van der Waals surface area contributed by atoms with Crippen LogP contribution in [0.5, 0.6) is 0 Å². The van der Waals surface area contributed by atoms with Crippen molar-refractivity contribution in [2.24, 2.45) is 0 Å². The Morgan fingerprint density at radius 3 is 2.00 bits per heavy atom. The Morgan fingerprint density at radius 2 is 1.50 bits per heavy atom. The van der Waals surface area contributed by atoms with Crippen molar-refractivity contribution in [1.29, 1.82) is 0 Å². The summed E-state index contributed by atoms with van der Waals surface area (Å²) >= 11 is 15.0. The van der Waals surface area contributed by atoms with Crippen molar-refractivity contribution in [2.45, 2.75) is 6.04 Å². The summed E-state index contributed by atoms with van der Waals surface area (Å²) in [5.74, 6) is 3.22. The molecular formula is C26H27Cl2N2O2PS. The van der Waals surface area contributed by atoms with Crippen molar-refractivity contribution in [3.05, 3.63) is 106 Å². The molecule has 1 N–H and O–H groups in total. The Kier molecular flexibility index (Phi) is 9.21. The van der Waals surface area contributed by atoms with Gasteiger partial charge in [0.15, 0.2) is 7.29 Å². The molecule has 2 aromatic carbocycles. The fraction of sp³-hybridized carbons (Fsp3) is 0.231. The second-order valence-corrected chi connectivity index (χ2v) is 12.0. The van der Waals surface area contributed by atoms with E-state index >= 15 is 0 Å². The summed E-state index contributed by atoms with van der Waals surface area (Å²) in [6.07, 6.45) is 0. The minimum Gasteiger partial charge on any atom is -0.379 e. The number of nitrogens with zero attached hydrogens (tertiary/aromatic N) is 1. The minimum atomic E-state index is -3.26. The molecule has 0 saturated carbocycles. The first-order valence-corrected chi connectivity index (χ1v) is 14.6. The summed E-state index contributed by atoms with van der Waals surface area (Å²) < 4.78 is 19.8. The maximum atomic E-state index is 14.3. The van der Waals surface area contributed by atoms with Gasteiger partial charge >= 0.3 is 0 Å². The molecule has 0 radical (unpaired) electrons. The topological polar surface area (TPSA) is 41.6 Å². The van der Waals surface area contributed by atoms with Crippen LogP contribution in [0.2, 0.25) is 0 Å². The minimum absolute atomic E-state index is 0.0741. The highest BCUT2D eigenvalue weighted by Crippen LogP contribution is 2.50. The van der Waals surface area contributed by atoms with Crippen LogP contribution < -0.4 is 5.09 Å². The van der Waals surface area contributed by atoms with Gasteiger partial charge in [0.2, 0.25) is 0 Å². The Labute approximate surface area is 215 Å². The van der Waals surface area contributed by atoms with Crippen molar-refractivity contribution in [3.8, 4) is 0 Å². The van der Waals surface area contributed by atoms with Crippen molar-refractivity contribution in [3.63, 3.8) is 0 Å². The van der Waals surface area contributed by atoms with Crippen molar-refractivity contribution in [2.75, 3.05) is 32.8 Å². The summed E-state index contributed by atoms with van der Waals surface area (Å²) in [6.45, 7) is 3.53. The van der Waals surface area contributed by atoms with E-state index in [4.69, 9.17) is 27.9 Å². The lowest BCUT2D eigenvalue weighted by molar-refractivity contribution is 0.0179. The number of thiophene rings is 1. The number of hydrogen-bond donors (Lipinski definition) is 1. The zero-order chi connectivity index (χ0) is 23.8. The Morgan fingerprint density at radius 1 is 0.941 bits per heavy atom. The fourth-order valence-electron chi connectivity index (χ4n) is 3.82. The van der Waals surface area contributed by atoms with Crippen LogP contribution in [0.4, 0.5) is 0 Å². The molecule has 1 saturated heterocycles. The molecule has 2 atom stereocenters. The normalized spacial score (nSPS) is 18.4. The fourth-order valence-corrected chi connectivity index (χ4v) is 7.49. The molecular weight excluding hydrogens is 506 g/mol. The molecule has 1 aliphatic rings. The number of benzene rings is 2. The van der Waals surface area contributed by atoms with Crippen molar-refractivity contribution in [1.82, 2.24) is 9.99 Å². The van der Waals surface area contributed by atoms with Gasteiger partial charge in [0, 0.05) is 36.1 Å². The first-order chi connectivity index (χ1) is 16.5. The second-order valence-electron chi connectivity index (χ2n) is 7.94. The van der Waals surface area contributed by atoms with Crippen LogP contribution in [0, 0.1) is 0 Å². The molecule has 0 aliphatic carbocycles. The van der Waals surface area contributed by atoms with E-state index in [1.165, 1.54) is 4.88 Å². The van der Waals surface area contributed by atoms with Crippen LogP contribution >= 0.6 is 41.8 Å². The number of nitrogens with one attached hydrogen (secondary N) is 1. The van der Waals surface area contributed by atoms with E-state index in [9.17, 15) is 4.57 Å². The summed E-state index contributed by atoms with van der Waals surface area (Å²) in [7, 11) is -3.26. The van der Waals surface area contributed by atoms with Gasteiger partial charge in [-0.15, -0.1) is 11.3 Å². The maximum absolute atomic E-state index is 14.3. The molecule has 2 heterocycles. The van der Waals surface area contributed by atoms with E-state index in [0.717, 1.165) is 24.2 Å². The summed E-state index contributed by atoms with van der Waals surface area (Å²) in [5.41, 5.74) is 1.61. The maximum Gasteiger partial charge on any atom is 0.193 e. The molecule has 0 bridgehead atoms. The van der Waals surface area contributed by atoms with E-state index in [-0.39, 0.29) is 6.04 Å². The summed E-state index contributed by atoms with van der Waals surface area (Å²) in [5, 5.41) is 6.25. The first-order valence-electron chi connectivity index (χ1n) is 11.1. The third kappa shape index (κ3) is 6.93. The predicted molar refractivity (Wildman–Crippen MR) is 146 cm³/mol. The van der Waals surface area contributed by atoms with Crippen LogP contribution in [0.25, 0.3) is 10.1 Å². The van der Waals surface area contributed by atoms with Gasteiger partial charge in [-0.2, -0.15) is 0 Å². The highest BCUT2D eigenvalue weighted by atomic mass is 35.5. The van der Waals surface area contributed by atoms with Crippen LogP contribution in [-0.2, 0) is 9.30 Å². The average Bonchev–Trinajstić information content (AvgIpc) is 3.40. The van der Waals surface area contributed by atoms with Crippen LogP contribution in [0.15, 0.2) is 89.8 Å². The van der Waals surface area contributed by atoms with Crippen LogP contribution in [-0.4, -0.2) is 37.7 Å². The van der Waals surface area contributed by atoms with Gasteiger partial charge in [-0.05, 0) is 22.6 Å². The van der Waals surface area contributed by atoms with Crippen molar-refractivity contribution < 1.29 is 9.30 Å². The lowest BCUT2D eigenvalue weighted by Crippen LogP contribution is -2.42. The molecule has 1 aliphatic heterocycles. The molecule has 34 heavy (non-hydrogen) atoms. The summed E-state index contributed by atoms with van der Waals surface area (Å²) in [6, 6.07) is 23.3. The van der Waals surface area contributed by atoms with Crippen LogP contribution in [0.3, 0.4) is 0 Å². The van der Waals surface area contributed by atoms with Gasteiger partial charge in [-0.25, -0.2) is 0 Å². The monoisotopic (exact) mass is 532 g/mol. The SMILES string of the molecule is O=P(/C=C(\Cl)c1ccccc1)(/C=C(/Cl)c1ccccc1)NC[C@H](c1cccs1)N1CCOCC1. The van der Waals surface area contributed by atoms with Crippen LogP contribution in [0.1, 0.15) is 22.0 Å². The molecule has 4 rings (SSSR count). The third-order valence-corrected chi connectivity index (χ3v) is 9.49. The molecule has 1 fully saturated rings. The average molecular weight is 533 g/mol. The number of ether oxygens (including phenoxy) is 1. The van der Waals surface area contributed by atoms with Gasteiger partial charge in [-0.3, -0.25) is 14.6 Å². The molecule has 0 spiro atoms. The zero-order valence-electron chi connectivity index (χ0n) is 18.6.